The lowest BCUT2D eigenvalue weighted by molar-refractivity contribution is 0.683. The van der Waals surface area contributed by atoms with Crippen LogP contribution < -0.4 is 0 Å². The Balaban J connectivity index is 1.92. The van der Waals surface area contributed by atoms with Crippen LogP contribution in [0.15, 0.2) is 65.8 Å². The van der Waals surface area contributed by atoms with Crippen LogP contribution in [0, 0.1) is 0 Å². The minimum absolute atomic E-state index is 0.636. The van der Waals surface area contributed by atoms with E-state index in [0.29, 0.717) is 5.25 Å². The highest BCUT2D eigenvalue weighted by Crippen LogP contribution is 2.46. The lowest BCUT2D eigenvalue weighted by Crippen LogP contribution is -1.98. The van der Waals surface area contributed by atoms with Crippen LogP contribution in [0.4, 0.5) is 0 Å². The first-order valence-corrected chi connectivity index (χ1v) is 8.69. The van der Waals surface area contributed by atoms with E-state index in [4.69, 9.17) is 11.6 Å². The second kappa shape index (κ2) is 5.53. The van der Waals surface area contributed by atoms with Gasteiger partial charge in [-0.15, -0.1) is 11.8 Å². The van der Waals surface area contributed by atoms with E-state index < -0.39 is 0 Å². The summed E-state index contributed by atoms with van der Waals surface area (Å²) in [5, 5.41) is 2.79. The number of nitrogens with zero attached hydrogens (tertiary/aromatic N) is 1. The molecule has 3 aromatic rings. The average molecular weight is 326 g/mol. The quantitative estimate of drug-likeness (QED) is 0.562. The van der Waals surface area contributed by atoms with Gasteiger partial charge in [-0.1, -0.05) is 61.0 Å². The Hall–Kier alpha value is -1.64. The molecule has 0 bridgehead atoms. The molecule has 0 spiro atoms. The van der Waals surface area contributed by atoms with Gasteiger partial charge in [-0.3, -0.25) is 0 Å². The first-order chi connectivity index (χ1) is 10.7. The fourth-order valence-corrected chi connectivity index (χ4v) is 4.39. The normalized spacial score (nSPS) is 16.7. The highest BCUT2D eigenvalue weighted by atomic mass is 35.5. The third-order valence-electron chi connectivity index (χ3n) is 4.01. The summed E-state index contributed by atoms with van der Waals surface area (Å²) in [7, 11) is 0. The average Bonchev–Trinajstić information content (AvgIpc) is 3.04. The fourth-order valence-electron chi connectivity index (χ4n) is 3.04. The van der Waals surface area contributed by atoms with Crippen molar-refractivity contribution >= 4 is 23.4 Å². The van der Waals surface area contributed by atoms with E-state index in [1.807, 2.05) is 23.9 Å². The summed E-state index contributed by atoms with van der Waals surface area (Å²) >= 11 is 8.01. The number of fused-ring (bicyclic) bond motifs is 1. The molecular formula is C19H16ClNS. The van der Waals surface area contributed by atoms with Crippen molar-refractivity contribution in [2.75, 3.05) is 0 Å². The molecular weight excluding hydrogens is 310 g/mol. The molecule has 1 nitrogen and oxygen atoms in total. The summed E-state index contributed by atoms with van der Waals surface area (Å²) in [6, 6.07) is 18.8. The van der Waals surface area contributed by atoms with Crippen molar-refractivity contribution in [3.05, 3.63) is 65.8 Å². The van der Waals surface area contributed by atoms with Crippen LogP contribution in [-0.4, -0.2) is 9.82 Å². The Kier molecular flexibility index (Phi) is 3.51. The smallest absolute Gasteiger partial charge is 0.0837 e. The molecule has 0 amide bonds. The third-order valence-corrected chi connectivity index (χ3v) is 5.48. The number of aromatic nitrogens is 1. The van der Waals surface area contributed by atoms with E-state index in [1.165, 1.54) is 27.3 Å². The second-order valence-corrected chi connectivity index (χ2v) is 7.54. The molecule has 1 aliphatic heterocycles. The van der Waals surface area contributed by atoms with Gasteiger partial charge in [0.05, 0.1) is 5.03 Å². The minimum Gasteiger partial charge on any atom is -0.341 e. The van der Waals surface area contributed by atoms with E-state index >= 15 is 0 Å². The van der Waals surface area contributed by atoms with Crippen LogP contribution in [0.1, 0.15) is 6.92 Å². The van der Waals surface area contributed by atoms with Crippen LogP contribution in [0.3, 0.4) is 0 Å². The molecule has 2 aromatic carbocycles. The van der Waals surface area contributed by atoms with Crippen molar-refractivity contribution in [3.8, 4) is 22.3 Å². The van der Waals surface area contributed by atoms with Crippen molar-refractivity contribution in [2.24, 2.45) is 0 Å². The SMILES string of the molecule is C[C@H]1Cn2cc(-c3ccc(Cl)cc3)c(-c3ccccc3)c2S1. The topological polar surface area (TPSA) is 4.93 Å². The van der Waals surface area contributed by atoms with Crippen molar-refractivity contribution in [1.82, 2.24) is 4.57 Å². The molecule has 1 aliphatic rings. The van der Waals surface area contributed by atoms with Gasteiger partial charge in [-0.25, -0.2) is 0 Å². The number of hydrogen-bond donors (Lipinski definition) is 0. The van der Waals surface area contributed by atoms with Gasteiger partial charge in [0.2, 0.25) is 0 Å². The maximum atomic E-state index is 6.04. The summed E-state index contributed by atoms with van der Waals surface area (Å²) in [4.78, 5) is 0. The number of hydrogen-bond acceptors (Lipinski definition) is 1. The Labute approximate surface area is 139 Å². The van der Waals surface area contributed by atoms with Gasteiger partial charge >= 0.3 is 0 Å². The fraction of sp³-hybridized carbons (Fsp3) is 0.158. The maximum absolute atomic E-state index is 6.04. The number of rotatable bonds is 2. The molecule has 1 atom stereocenters. The van der Waals surface area contributed by atoms with Gasteiger partial charge in [0, 0.05) is 34.1 Å². The molecule has 1 aromatic heterocycles. The summed E-state index contributed by atoms with van der Waals surface area (Å²) in [5.41, 5.74) is 5.13. The molecule has 3 heteroatoms. The molecule has 0 unspecified atom stereocenters. The van der Waals surface area contributed by atoms with Crippen molar-refractivity contribution in [3.63, 3.8) is 0 Å². The molecule has 0 saturated carbocycles. The Bertz CT molecular complexity index is 805. The van der Waals surface area contributed by atoms with E-state index in [0.717, 1.165) is 11.6 Å². The van der Waals surface area contributed by atoms with E-state index in [-0.39, 0.29) is 0 Å². The molecule has 4 rings (SSSR count). The van der Waals surface area contributed by atoms with Gasteiger partial charge < -0.3 is 4.57 Å². The third kappa shape index (κ3) is 2.37. The molecule has 22 heavy (non-hydrogen) atoms. The zero-order valence-corrected chi connectivity index (χ0v) is 13.9. The van der Waals surface area contributed by atoms with Crippen LogP contribution in [0.2, 0.25) is 5.02 Å². The summed E-state index contributed by atoms with van der Waals surface area (Å²) in [6.07, 6.45) is 2.29. The van der Waals surface area contributed by atoms with Crippen molar-refractivity contribution in [1.29, 1.82) is 0 Å². The van der Waals surface area contributed by atoms with Gasteiger partial charge in [0.1, 0.15) is 0 Å². The monoisotopic (exact) mass is 325 g/mol. The molecule has 0 aliphatic carbocycles. The first-order valence-electron chi connectivity index (χ1n) is 7.43. The Morgan fingerprint density at radius 1 is 1.00 bits per heavy atom. The standard InChI is InChI=1S/C19H16ClNS/c1-13-11-21-12-17(14-7-9-16(20)10-8-14)18(19(21)22-13)15-5-3-2-4-6-15/h2-10,12-13H,11H2,1H3/t13-/m0/s1. The van der Waals surface area contributed by atoms with Gasteiger partial charge in [-0.2, -0.15) is 0 Å². The molecule has 0 N–H and O–H groups in total. The van der Waals surface area contributed by atoms with Gasteiger partial charge in [0.15, 0.2) is 0 Å². The molecule has 2 heterocycles. The predicted molar refractivity (Wildman–Crippen MR) is 95.6 cm³/mol. The maximum Gasteiger partial charge on any atom is 0.0837 e. The molecule has 0 radical (unpaired) electrons. The van der Waals surface area contributed by atoms with Crippen LogP contribution >= 0.6 is 23.4 Å². The number of benzene rings is 2. The predicted octanol–water partition coefficient (Wildman–Crippen LogP) is 5.97. The zero-order chi connectivity index (χ0) is 15.1. The lowest BCUT2D eigenvalue weighted by Gasteiger charge is -2.08. The summed E-state index contributed by atoms with van der Waals surface area (Å²) in [6.45, 7) is 3.36. The van der Waals surface area contributed by atoms with Crippen molar-refractivity contribution in [2.45, 2.75) is 23.7 Å². The van der Waals surface area contributed by atoms with E-state index in [2.05, 4.69) is 60.2 Å². The molecule has 110 valence electrons. The lowest BCUT2D eigenvalue weighted by atomic mass is 9.99. The highest BCUT2D eigenvalue weighted by molar-refractivity contribution is 8.00. The Morgan fingerprint density at radius 2 is 1.73 bits per heavy atom. The zero-order valence-electron chi connectivity index (χ0n) is 12.3. The van der Waals surface area contributed by atoms with Crippen LogP contribution in [0.5, 0.6) is 0 Å². The first kappa shape index (κ1) is 14.0. The summed E-state index contributed by atoms with van der Waals surface area (Å²) in [5.74, 6) is 0. The molecule has 0 fully saturated rings. The minimum atomic E-state index is 0.636. The molecule has 0 saturated heterocycles. The highest BCUT2D eigenvalue weighted by Gasteiger charge is 2.26. The summed E-state index contributed by atoms with van der Waals surface area (Å²) < 4.78 is 2.39. The van der Waals surface area contributed by atoms with Crippen LogP contribution in [0.25, 0.3) is 22.3 Å². The van der Waals surface area contributed by atoms with Gasteiger partial charge in [-0.05, 0) is 23.3 Å². The van der Waals surface area contributed by atoms with Crippen molar-refractivity contribution < 1.29 is 0 Å². The second-order valence-electron chi connectivity index (χ2n) is 5.68. The van der Waals surface area contributed by atoms with Gasteiger partial charge in [0.25, 0.3) is 0 Å². The number of halogens is 1. The van der Waals surface area contributed by atoms with E-state index in [9.17, 15) is 0 Å². The Morgan fingerprint density at radius 3 is 2.45 bits per heavy atom. The van der Waals surface area contributed by atoms with E-state index in [1.54, 1.807) is 0 Å². The largest absolute Gasteiger partial charge is 0.341 e. The number of thioether (sulfide) groups is 1. The van der Waals surface area contributed by atoms with Crippen LogP contribution in [-0.2, 0) is 6.54 Å².